The van der Waals surface area contributed by atoms with Gasteiger partial charge in [-0.05, 0) is 67.9 Å². The van der Waals surface area contributed by atoms with Gasteiger partial charge >= 0.3 is 12.0 Å². The van der Waals surface area contributed by atoms with Crippen LogP contribution in [0.3, 0.4) is 0 Å². The van der Waals surface area contributed by atoms with Crippen LogP contribution in [0, 0.1) is 12.8 Å². The molecule has 0 atom stereocenters. The van der Waals surface area contributed by atoms with Crippen LogP contribution < -0.4 is 10.6 Å². The van der Waals surface area contributed by atoms with Crippen LogP contribution in [0.15, 0.2) is 48.5 Å². The van der Waals surface area contributed by atoms with Crippen molar-refractivity contribution in [1.82, 2.24) is 0 Å². The number of rotatable bonds is 4. The van der Waals surface area contributed by atoms with Crippen molar-refractivity contribution in [2.45, 2.75) is 38.5 Å². The number of carboxylic acid groups (broad SMARTS) is 1. The van der Waals surface area contributed by atoms with Crippen molar-refractivity contribution in [3.63, 3.8) is 0 Å². The molecule has 1 fully saturated rings. The van der Waals surface area contributed by atoms with E-state index in [1.54, 1.807) is 0 Å². The number of carbonyl (C=O) groups is 2. The summed E-state index contributed by atoms with van der Waals surface area (Å²) in [4.78, 5) is 23.2. The fraction of sp³-hybridized carbons (Fsp3) is 0.333. The van der Waals surface area contributed by atoms with Crippen molar-refractivity contribution in [2.24, 2.45) is 5.92 Å². The number of anilines is 2. The van der Waals surface area contributed by atoms with Crippen LogP contribution in [-0.4, -0.2) is 17.1 Å². The van der Waals surface area contributed by atoms with Crippen LogP contribution in [-0.2, 0) is 4.79 Å². The first-order valence-electron chi connectivity index (χ1n) is 8.99. The van der Waals surface area contributed by atoms with E-state index in [4.69, 9.17) is 5.11 Å². The molecule has 0 unspecified atom stereocenters. The number of hydrogen-bond donors (Lipinski definition) is 3. The molecule has 1 aliphatic carbocycles. The Labute approximate surface area is 153 Å². The van der Waals surface area contributed by atoms with E-state index in [2.05, 4.69) is 10.6 Å². The van der Waals surface area contributed by atoms with Gasteiger partial charge in [0.05, 0.1) is 5.92 Å². The van der Waals surface area contributed by atoms with Crippen molar-refractivity contribution in [3.05, 3.63) is 59.7 Å². The summed E-state index contributed by atoms with van der Waals surface area (Å²) < 4.78 is 0. The number of hydrogen-bond acceptors (Lipinski definition) is 2. The summed E-state index contributed by atoms with van der Waals surface area (Å²) >= 11 is 0. The molecule has 2 amide bonds. The summed E-state index contributed by atoms with van der Waals surface area (Å²) in [5, 5.41) is 14.8. The van der Waals surface area contributed by atoms with Gasteiger partial charge in [0.1, 0.15) is 0 Å². The molecule has 0 heterocycles. The minimum atomic E-state index is -0.678. The van der Waals surface area contributed by atoms with Crippen LogP contribution in [0.1, 0.15) is 42.7 Å². The summed E-state index contributed by atoms with van der Waals surface area (Å²) in [5.74, 6) is -0.472. The predicted molar refractivity (Wildman–Crippen MR) is 103 cm³/mol. The Morgan fingerprint density at radius 3 is 2.19 bits per heavy atom. The molecule has 0 aromatic heterocycles. The number of carbonyl (C=O) groups excluding carboxylic acids is 1. The van der Waals surface area contributed by atoms with Gasteiger partial charge in [0.25, 0.3) is 0 Å². The average molecular weight is 352 g/mol. The van der Waals surface area contributed by atoms with Crippen LogP contribution in [0.5, 0.6) is 0 Å². The molecule has 0 saturated heterocycles. The molecule has 1 aliphatic rings. The molecular weight excluding hydrogens is 328 g/mol. The molecule has 0 spiro atoms. The predicted octanol–water partition coefficient (Wildman–Crippen LogP) is 5.00. The third kappa shape index (κ3) is 4.42. The third-order valence-corrected chi connectivity index (χ3v) is 5.11. The maximum atomic E-state index is 12.1. The quantitative estimate of drug-likeness (QED) is 0.725. The van der Waals surface area contributed by atoms with Crippen molar-refractivity contribution in [2.75, 3.05) is 10.6 Å². The molecule has 26 heavy (non-hydrogen) atoms. The monoisotopic (exact) mass is 352 g/mol. The van der Waals surface area contributed by atoms with Gasteiger partial charge in [0, 0.05) is 11.4 Å². The second-order valence-electron chi connectivity index (χ2n) is 6.90. The first-order chi connectivity index (χ1) is 12.5. The second kappa shape index (κ2) is 8.04. The number of benzene rings is 2. The lowest BCUT2D eigenvalue weighted by atomic mass is 9.79. The molecule has 0 aliphatic heterocycles. The molecule has 5 heteroatoms. The van der Waals surface area contributed by atoms with Gasteiger partial charge in [-0.2, -0.15) is 0 Å². The number of nitrogens with one attached hydrogen (secondary N) is 2. The summed E-state index contributed by atoms with van der Waals surface area (Å²) in [6.45, 7) is 1.95. The Bertz CT molecular complexity index is 778. The van der Waals surface area contributed by atoms with E-state index in [-0.39, 0.29) is 11.9 Å². The van der Waals surface area contributed by atoms with Crippen molar-refractivity contribution in [3.8, 4) is 0 Å². The van der Waals surface area contributed by atoms with E-state index in [1.165, 1.54) is 5.56 Å². The molecular formula is C21H24N2O3. The fourth-order valence-corrected chi connectivity index (χ4v) is 3.51. The van der Waals surface area contributed by atoms with Crippen LogP contribution in [0.2, 0.25) is 0 Å². The molecule has 3 rings (SSSR count). The number of amides is 2. The molecule has 0 radical (unpaired) electrons. The Hall–Kier alpha value is -2.82. The van der Waals surface area contributed by atoms with Crippen LogP contribution in [0.4, 0.5) is 16.2 Å². The number of aliphatic carboxylic acids is 1. The van der Waals surface area contributed by atoms with Crippen LogP contribution in [0.25, 0.3) is 0 Å². The number of para-hydroxylation sites is 1. The zero-order valence-corrected chi connectivity index (χ0v) is 14.9. The number of aryl methyl sites for hydroxylation is 1. The standard InChI is InChI=1S/C21H24N2O3/c1-14-4-2-3-5-19(14)23-21(26)22-18-12-10-16(11-13-18)15-6-8-17(9-7-15)20(24)25/h2-5,10-13,15,17H,6-9H2,1H3,(H,24,25)(H2,22,23,26). The zero-order valence-electron chi connectivity index (χ0n) is 14.9. The Kier molecular flexibility index (Phi) is 5.56. The van der Waals surface area contributed by atoms with Crippen molar-refractivity contribution < 1.29 is 14.7 Å². The normalized spacial score (nSPS) is 19.6. The summed E-state index contributed by atoms with van der Waals surface area (Å²) in [7, 11) is 0. The molecule has 136 valence electrons. The highest BCUT2D eigenvalue weighted by molar-refractivity contribution is 6.00. The fourth-order valence-electron chi connectivity index (χ4n) is 3.51. The smallest absolute Gasteiger partial charge is 0.323 e. The van der Waals surface area contributed by atoms with Crippen molar-refractivity contribution >= 4 is 23.4 Å². The van der Waals surface area contributed by atoms with Crippen molar-refractivity contribution in [1.29, 1.82) is 0 Å². The van der Waals surface area contributed by atoms with Gasteiger partial charge < -0.3 is 15.7 Å². The molecule has 2 aromatic carbocycles. The Morgan fingerprint density at radius 2 is 1.58 bits per heavy atom. The lowest BCUT2D eigenvalue weighted by Crippen LogP contribution is -2.21. The Balaban J connectivity index is 1.55. The van der Waals surface area contributed by atoms with E-state index in [0.717, 1.165) is 42.6 Å². The van der Waals surface area contributed by atoms with E-state index in [1.807, 2.05) is 55.5 Å². The van der Waals surface area contributed by atoms with Gasteiger partial charge in [-0.1, -0.05) is 30.3 Å². The molecule has 5 nitrogen and oxygen atoms in total. The number of carboxylic acids is 1. The highest BCUT2D eigenvalue weighted by Crippen LogP contribution is 2.36. The second-order valence-corrected chi connectivity index (χ2v) is 6.90. The highest BCUT2D eigenvalue weighted by atomic mass is 16.4. The maximum absolute atomic E-state index is 12.1. The highest BCUT2D eigenvalue weighted by Gasteiger charge is 2.26. The Morgan fingerprint density at radius 1 is 0.923 bits per heavy atom. The van der Waals surface area contributed by atoms with E-state index >= 15 is 0 Å². The van der Waals surface area contributed by atoms with Crippen LogP contribution >= 0.6 is 0 Å². The zero-order chi connectivity index (χ0) is 18.5. The molecule has 3 N–H and O–H groups in total. The lowest BCUT2D eigenvalue weighted by molar-refractivity contribution is -0.142. The molecule has 0 bridgehead atoms. The first-order valence-corrected chi connectivity index (χ1v) is 8.99. The third-order valence-electron chi connectivity index (χ3n) is 5.11. The average Bonchev–Trinajstić information content (AvgIpc) is 2.64. The molecule has 2 aromatic rings. The minimum absolute atomic E-state index is 0.197. The topological polar surface area (TPSA) is 78.4 Å². The van der Waals surface area contributed by atoms with Gasteiger partial charge in [0.2, 0.25) is 0 Å². The van der Waals surface area contributed by atoms with Gasteiger partial charge in [0.15, 0.2) is 0 Å². The summed E-state index contributed by atoms with van der Waals surface area (Å²) in [5.41, 5.74) is 3.74. The van der Waals surface area contributed by atoms with Gasteiger partial charge in [-0.15, -0.1) is 0 Å². The SMILES string of the molecule is Cc1ccccc1NC(=O)Nc1ccc(C2CCC(C(=O)O)CC2)cc1. The first kappa shape index (κ1) is 18.0. The lowest BCUT2D eigenvalue weighted by Gasteiger charge is -2.26. The van der Waals surface area contributed by atoms with E-state index < -0.39 is 5.97 Å². The van der Waals surface area contributed by atoms with Gasteiger partial charge in [-0.3, -0.25) is 4.79 Å². The minimum Gasteiger partial charge on any atom is -0.481 e. The largest absolute Gasteiger partial charge is 0.481 e. The summed E-state index contributed by atoms with van der Waals surface area (Å²) in [6, 6.07) is 15.2. The maximum Gasteiger partial charge on any atom is 0.323 e. The van der Waals surface area contributed by atoms with E-state index in [0.29, 0.717) is 5.92 Å². The van der Waals surface area contributed by atoms with E-state index in [9.17, 15) is 9.59 Å². The number of urea groups is 1. The van der Waals surface area contributed by atoms with Gasteiger partial charge in [-0.25, -0.2) is 4.79 Å². The summed E-state index contributed by atoms with van der Waals surface area (Å²) in [6.07, 6.45) is 3.27. The molecule has 1 saturated carbocycles.